The first-order valence-electron chi connectivity index (χ1n) is 17.1. The minimum absolute atomic E-state index is 0.616. The zero-order chi connectivity index (χ0) is 28.1. The number of para-hydroxylation sites is 1. The van der Waals surface area contributed by atoms with Gasteiger partial charge in [-0.05, 0) is 37.8 Å². The third kappa shape index (κ3) is 22.7. The number of benzene rings is 1. The van der Waals surface area contributed by atoms with E-state index in [9.17, 15) is 0 Å². The lowest BCUT2D eigenvalue weighted by molar-refractivity contribution is 0.208. The zero-order valence-corrected chi connectivity index (χ0v) is 27.3. The molecule has 0 heterocycles. The predicted molar refractivity (Wildman–Crippen MR) is 173 cm³/mol. The molecule has 1 aromatic carbocycles. The molecular formula is C35H65O3P. The van der Waals surface area contributed by atoms with Gasteiger partial charge in [-0.1, -0.05) is 167 Å². The highest BCUT2D eigenvalue weighted by Gasteiger charge is 2.16. The molecule has 0 bridgehead atoms. The first-order valence-corrected chi connectivity index (χ1v) is 18.2. The smallest absolute Gasteiger partial charge is 0.397 e. The highest BCUT2D eigenvalue weighted by Crippen LogP contribution is 2.42. The van der Waals surface area contributed by atoms with Crippen LogP contribution < -0.4 is 4.52 Å². The van der Waals surface area contributed by atoms with Gasteiger partial charge in [0.1, 0.15) is 5.75 Å². The zero-order valence-electron chi connectivity index (χ0n) is 26.4. The van der Waals surface area contributed by atoms with Gasteiger partial charge in [0.05, 0.1) is 13.2 Å². The standard InChI is InChI=1S/C35H65O3P/c1-4-7-9-11-13-14-15-16-17-18-19-20-21-23-25-29-33-37-39(36-6-3)38-35-32-28-27-31-34(35)30-26-24-22-12-10-8-5-2/h27-28,31-32H,4-26,29-30,33H2,1-3H3. The van der Waals surface area contributed by atoms with E-state index in [1.807, 2.05) is 6.92 Å². The quantitative estimate of drug-likeness (QED) is 0.0687. The molecule has 1 aromatic rings. The van der Waals surface area contributed by atoms with Crippen LogP contribution in [0.3, 0.4) is 0 Å². The van der Waals surface area contributed by atoms with Gasteiger partial charge in [-0.25, -0.2) is 0 Å². The van der Waals surface area contributed by atoms with Crippen LogP contribution in [0.25, 0.3) is 0 Å². The molecule has 4 heteroatoms. The van der Waals surface area contributed by atoms with Gasteiger partial charge in [0.2, 0.25) is 0 Å². The Balaban J connectivity index is 2.07. The summed E-state index contributed by atoms with van der Waals surface area (Å²) in [6.45, 7) is 7.93. The van der Waals surface area contributed by atoms with Gasteiger partial charge in [0.15, 0.2) is 0 Å². The van der Waals surface area contributed by atoms with Crippen molar-refractivity contribution in [1.82, 2.24) is 0 Å². The van der Waals surface area contributed by atoms with E-state index in [1.165, 1.54) is 147 Å². The first kappa shape index (κ1) is 36.4. The van der Waals surface area contributed by atoms with Crippen LogP contribution in [0.2, 0.25) is 0 Å². The molecular weight excluding hydrogens is 499 g/mol. The van der Waals surface area contributed by atoms with Gasteiger partial charge < -0.3 is 13.6 Å². The molecule has 1 atom stereocenters. The molecule has 0 aliphatic heterocycles. The van der Waals surface area contributed by atoms with Crippen LogP contribution in [0.4, 0.5) is 0 Å². The van der Waals surface area contributed by atoms with E-state index in [-0.39, 0.29) is 0 Å². The second-order valence-corrected chi connectivity index (χ2v) is 12.5. The van der Waals surface area contributed by atoms with Crippen molar-refractivity contribution in [3.63, 3.8) is 0 Å². The van der Waals surface area contributed by atoms with Gasteiger partial charge in [-0.15, -0.1) is 0 Å². The molecule has 0 radical (unpaired) electrons. The van der Waals surface area contributed by atoms with E-state index in [2.05, 4.69) is 38.1 Å². The minimum atomic E-state index is -1.33. The summed E-state index contributed by atoms with van der Waals surface area (Å²) < 4.78 is 18.1. The molecule has 0 aromatic heterocycles. The van der Waals surface area contributed by atoms with Crippen LogP contribution in [0, 0.1) is 0 Å². The summed E-state index contributed by atoms with van der Waals surface area (Å²) in [4.78, 5) is 0. The highest BCUT2D eigenvalue weighted by molar-refractivity contribution is 7.42. The summed E-state index contributed by atoms with van der Waals surface area (Å²) >= 11 is 0. The van der Waals surface area contributed by atoms with E-state index in [4.69, 9.17) is 13.6 Å². The Morgan fingerprint density at radius 1 is 0.487 bits per heavy atom. The molecule has 1 rings (SSSR count). The third-order valence-corrected chi connectivity index (χ3v) is 8.83. The molecule has 0 aliphatic rings. The summed E-state index contributed by atoms with van der Waals surface area (Å²) in [5, 5.41) is 0. The van der Waals surface area contributed by atoms with Crippen LogP contribution in [0.1, 0.15) is 174 Å². The molecule has 39 heavy (non-hydrogen) atoms. The van der Waals surface area contributed by atoms with Gasteiger partial charge >= 0.3 is 8.60 Å². The van der Waals surface area contributed by atoms with Crippen molar-refractivity contribution < 1.29 is 13.6 Å². The fraction of sp³-hybridized carbons (Fsp3) is 0.829. The summed E-state index contributed by atoms with van der Waals surface area (Å²) in [6.07, 6.45) is 32.5. The number of unbranched alkanes of at least 4 members (excludes halogenated alkanes) is 21. The molecule has 1 unspecified atom stereocenters. The normalized spacial score (nSPS) is 12.2. The molecule has 0 N–H and O–H groups in total. The molecule has 0 amide bonds. The van der Waals surface area contributed by atoms with E-state index >= 15 is 0 Å². The van der Waals surface area contributed by atoms with E-state index in [1.54, 1.807) is 0 Å². The second-order valence-electron chi connectivity index (χ2n) is 11.3. The summed E-state index contributed by atoms with van der Waals surface area (Å²) in [5.41, 5.74) is 1.28. The summed E-state index contributed by atoms with van der Waals surface area (Å²) in [5.74, 6) is 0.940. The second kappa shape index (κ2) is 28.9. The van der Waals surface area contributed by atoms with Gasteiger partial charge in [0.25, 0.3) is 0 Å². The molecule has 0 fully saturated rings. The van der Waals surface area contributed by atoms with Crippen molar-refractivity contribution in [1.29, 1.82) is 0 Å². The van der Waals surface area contributed by atoms with Crippen molar-refractivity contribution in [3.05, 3.63) is 29.8 Å². The Labute approximate surface area is 245 Å². The SMILES string of the molecule is CCCCCCCCCCCCCCCCCCOP(OCC)Oc1ccccc1CCCCCCCCC. The largest absolute Gasteiger partial charge is 0.426 e. The maximum absolute atomic E-state index is 6.25. The molecule has 0 spiro atoms. The van der Waals surface area contributed by atoms with Gasteiger partial charge in [-0.2, -0.15) is 0 Å². The molecule has 3 nitrogen and oxygen atoms in total. The Bertz CT molecular complexity index is 624. The van der Waals surface area contributed by atoms with Crippen molar-refractivity contribution in [2.75, 3.05) is 13.2 Å². The molecule has 0 saturated carbocycles. The maximum atomic E-state index is 6.25. The lowest BCUT2D eigenvalue weighted by Crippen LogP contribution is -2.01. The average molecular weight is 565 g/mol. The Morgan fingerprint density at radius 2 is 0.923 bits per heavy atom. The number of hydrogen-bond acceptors (Lipinski definition) is 3. The van der Waals surface area contributed by atoms with E-state index in [0.717, 1.165) is 25.2 Å². The topological polar surface area (TPSA) is 27.7 Å². The van der Waals surface area contributed by atoms with Crippen LogP contribution in [-0.2, 0) is 15.5 Å². The monoisotopic (exact) mass is 564 g/mol. The first-order chi connectivity index (χ1) is 19.3. The number of aryl methyl sites for hydroxylation is 1. The van der Waals surface area contributed by atoms with Crippen molar-refractivity contribution in [2.45, 2.75) is 175 Å². The number of rotatable bonds is 30. The van der Waals surface area contributed by atoms with Gasteiger partial charge in [0, 0.05) is 0 Å². The lowest BCUT2D eigenvalue weighted by Gasteiger charge is -2.18. The van der Waals surface area contributed by atoms with E-state index < -0.39 is 8.60 Å². The van der Waals surface area contributed by atoms with E-state index in [0.29, 0.717) is 6.61 Å². The van der Waals surface area contributed by atoms with Crippen molar-refractivity contribution in [2.24, 2.45) is 0 Å². The average Bonchev–Trinajstić information content (AvgIpc) is 2.95. The summed E-state index contributed by atoms with van der Waals surface area (Å²) in [7, 11) is -1.33. The Hall–Kier alpha value is -0.630. The summed E-state index contributed by atoms with van der Waals surface area (Å²) in [6, 6.07) is 8.44. The fourth-order valence-corrected chi connectivity index (χ4v) is 6.14. The van der Waals surface area contributed by atoms with Crippen LogP contribution >= 0.6 is 8.60 Å². The third-order valence-electron chi connectivity index (χ3n) is 7.62. The van der Waals surface area contributed by atoms with Crippen molar-refractivity contribution in [3.8, 4) is 5.75 Å². The Kier molecular flexibility index (Phi) is 27.0. The fourth-order valence-electron chi connectivity index (χ4n) is 5.14. The molecule has 228 valence electrons. The van der Waals surface area contributed by atoms with Crippen LogP contribution in [0.15, 0.2) is 24.3 Å². The minimum Gasteiger partial charge on any atom is -0.426 e. The molecule has 0 saturated heterocycles. The van der Waals surface area contributed by atoms with Gasteiger partial charge in [-0.3, -0.25) is 0 Å². The van der Waals surface area contributed by atoms with Crippen molar-refractivity contribution >= 4 is 8.60 Å². The van der Waals surface area contributed by atoms with Crippen LogP contribution in [-0.4, -0.2) is 13.2 Å². The lowest BCUT2D eigenvalue weighted by atomic mass is 10.0. The predicted octanol–water partition coefficient (Wildman–Crippen LogP) is 12.9. The maximum Gasteiger partial charge on any atom is 0.397 e. The van der Waals surface area contributed by atoms with Crippen LogP contribution in [0.5, 0.6) is 5.75 Å². The number of hydrogen-bond donors (Lipinski definition) is 0. The molecule has 0 aliphatic carbocycles. The Morgan fingerprint density at radius 3 is 1.41 bits per heavy atom. The highest BCUT2D eigenvalue weighted by atomic mass is 31.2.